The van der Waals surface area contributed by atoms with E-state index in [1.54, 1.807) is 11.4 Å². The first-order valence-electron chi connectivity index (χ1n) is 8.19. The average Bonchev–Trinajstić information content (AvgIpc) is 3.15. The van der Waals surface area contributed by atoms with Crippen LogP contribution in [0.5, 0.6) is 0 Å². The molecule has 26 heavy (non-hydrogen) atoms. The highest BCUT2D eigenvalue weighted by Crippen LogP contribution is 2.28. The lowest BCUT2D eigenvalue weighted by Gasteiger charge is -2.30. The van der Waals surface area contributed by atoms with Crippen molar-refractivity contribution in [2.75, 3.05) is 24.6 Å². The fourth-order valence-corrected chi connectivity index (χ4v) is 5.91. The number of hydrogen-bond acceptors (Lipinski definition) is 8. The number of nitrogen functional groups attached to an aromatic ring is 1. The maximum atomic E-state index is 12.5. The number of carbonyl (C=O) groups is 1. The molecule has 3 heterocycles. The lowest BCUT2D eigenvalue weighted by Crippen LogP contribution is -2.40. The first-order valence-corrected chi connectivity index (χ1v) is 11.5. The number of amides is 1. The van der Waals surface area contributed by atoms with Crippen molar-refractivity contribution in [1.29, 1.82) is 0 Å². The highest BCUT2D eigenvalue weighted by molar-refractivity contribution is 7.99. The lowest BCUT2D eigenvalue weighted by atomic mass is 10.0. The van der Waals surface area contributed by atoms with Crippen LogP contribution in [0.3, 0.4) is 0 Å². The van der Waals surface area contributed by atoms with Crippen molar-refractivity contribution in [3.05, 3.63) is 23.7 Å². The van der Waals surface area contributed by atoms with Gasteiger partial charge in [0, 0.05) is 13.1 Å². The molecule has 1 atom stereocenters. The number of nitrogens with zero attached hydrogens (tertiary/aromatic N) is 3. The van der Waals surface area contributed by atoms with Crippen LogP contribution in [0.4, 0.5) is 5.82 Å². The number of nitrogens with two attached hydrogens (primary N) is 1. The number of sulfone groups is 1. The minimum Gasteiger partial charge on any atom is -0.382 e. The van der Waals surface area contributed by atoms with Gasteiger partial charge in [-0.3, -0.25) is 4.79 Å². The fourth-order valence-electron chi connectivity index (χ4n) is 2.80. The van der Waals surface area contributed by atoms with E-state index < -0.39 is 9.84 Å². The predicted molar refractivity (Wildman–Crippen MR) is 102 cm³/mol. The molecule has 10 heteroatoms. The molecule has 0 spiro atoms. The maximum absolute atomic E-state index is 12.5. The number of aromatic nitrogens is 2. The van der Waals surface area contributed by atoms with Crippen molar-refractivity contribution in [3.63, 3.8) is 0 Å². The van der Waals surface area contributed by atoms with Gasteiger partial charge in [-0.15, -0.1) is 11.3 Å². The molecule has 0 unspecified atom stereocenters. The Labute approximate surface area is 160 Å². The van der Waals surface area contributed by atoms with Crippen molar-refractivity contribution < 1.29 is 13.2 Å². The van der Waals surface area contributed by atoms with E-state index in [0.717, 1.165) is 37.3 Å². The number of carbonyl (C=O) groups excluding carboxylic acids is 1. The number of thiophene rings is 1. The second kappa shape index (κ2) is 7.93. The van der Waals surface area contributed by atoms with E-state index in [9.17, 15) is 13.2 Å². The number of hydrogen-bond donors (Lipinski definition) is 1. The van der Waals surface area contributed by atoms with Gasteiger partial charge in [-0.25, -0.2) is 18.4 Å². The normalized spacial score (nSPS) is 18.0. The number of anilines is 1. The molecule has 1 saturated heterocycles. The molecular weight excluding hydrogens is 392 g/mol. The molecule has 3 rings (SSSR count). The largest absolute Gasteiger partial charge is 0.382 e. The van der Waals surface area contributed by atoms with Gasteiger partial charge in [0.1, 0.15) is 14.9 Å². The van der Waals surface area contributed by atoms with E-state index in [2.05, 4.69) is 16.9 Å². The molecule has 2 aromatic heterocycles. The summed E-state index contributed by atoms with van der Waals surface area (Å²) in [4.78, 5) is 22.2. The third-order valence-electron chi connectivity index (χ3n) is 4.14. The standard InChI is InChI=1S/C16H20N4O3S3/c1-11-4-2-6-20(9-11)13(21)10-25-16-18-8-12(15(17)19-16)26(22,23)14-5-3-7-24-14/h3,5,7-8,11H,2,4,6,9-10H2,1H3,(H2,17,18,19)/t11-/m1/s1. The van der Waals surface area contributed by atoms with E-state index in [0.29, 0.717) is 11.1 Å². The zero-order chi connectivity index (χ0) is 18.7. The van der Waals surface area contributed by atoms with Crippen molar-refractivity contribution in [1.82, 2.24) is 14.9 Å². The Morgan fingerprint density at radius 2 is 2.31 bits per heavy atom. The SMILES string of the molecule is C[C@@H]1CCCN(C(=O)CSc2ncc(S(=O)(=O)c3cccs3)c(N)n2)C1. The molecule has 0 saturated carbocycles. The Kier molecular flexibility index (Phi) is 5.83. The van der Waals surface area contributed by atoms with Gasteiger partial charge in [-0.05, 0) is 30.2 Å². The molecule has 1 fully saturated rings. The molecule has 0 bridgehead atoms. The van der Waals surface area contributed by atoms with Crippen LogP contribution in [0.1, 0.15) is 19.8 Å². The number of thioether (sulfide) groups is 1. The summed E-state index contributed by atoms with van der Waals surface area (Å²) >= 11 is 2.28. The van der Waals surface area contributed by atoms with Crippen LogP contribution in [0.2, 0.25) is 0 Å². The first kappa shape index (κ1) is 19.1. The summed E-state index contributed by atoms with van der Waals surface area (Å²) in [5.74, 6) is 0.670. The zero-order valence-corrected chi connectivity index (χ0v) is 16.7. The second-order valence-corrected chi connectivity index (χ2v) is 10.2. The van der Waals surface area contributed by atoms with Crippen LogP contribution in [0, 0.1) is 5.92 Å². The van der Waals surface area contributed by atoms with Gasteiger partial charge >= 0.3 is 0 Å². The van der Waals surface area contributed by atoms with E-state index in [1.807, 2.05) is 4.90 Å². The van der Waals surface area contributed by atoms with Crippen molar-refractivity contribution in [2.24, 2.45) is 5.92 Å². The van der Waals surface area contributed by atoms with E-state index in [1.165, 1.54) is 24.0 Å². The van der Waals surface area contributed by atoms with Gasteiger partial charge < -0.3 is 10.6 Å². The molecule has 7 nitrogen and oxygen atoms in total. The minimum absolute atomic E-state index is 0.0407. The highest BCUT2D eigenvalue weighted by Gasteiger charge is 2.24. The van der Waals surface area contributed by atoms with Crippen LogP contribution in [0.25, 0.3) is 0 Å². The fraction of sp³-hybridized carbons (Fsp3) is 0.438. The lowest BCUT2D eigenvalue weighted by molar-refractivity contribution is -0.130. The summed E-state index contributed by atoms with van der Waals surface area (Å²) in [6.45, 7) is 3.70. The Bertz CT molecular complexity index is 884. The molecule has 2 aromatic rings. The maximum Gasteiger partial charge on any atom is 0.233 e. The monoisotopic (exact) mass is 412 g/mol. The van der Waals surface area contributed by atoms with Gasteiger partial charge in [-0.1, -0.05) is 24.8 Å². The molecular formula is C16H20N4O3S3. The Balaban J connectivity index is 1.67. The van der Waals surface area contributed by atoms with Crippen LogP contribution in [-0.4, -0.2) is 48.0 Å². The Morgan fingerprint density at radius 3 is 2.96 bits per heavy atom. The zero-order valence-electron chi connectivity index (χ0n) is 14.3. The van der Waals surface area contributed by atoms with Crippen LogP contribution >= 0.6 is 23.1 Å². The summed E-state index contributed by atoms with van der Waals surface area (Å²) in [7, 11) is -3.71. The van der Waals surface area contributed by atoms with Crippen LogP contribution in [-0.2, 0) is 14.6 Å². The number of rotatable bonds is 5. The molecule has 1 amide bonds. The van der Waals surface area contributed by atoms with Gasteiger partial charge in [0.25, 0.3) is 0 Å². The van der Waals surface area contributed by atoms with E-state index in [-0.39, 0.29) is 26.6 Å². The quantitative estimate of drug-likeness (QED) is 0.593. The van der Waals surface area contributed by atoms with Crippen LogP contribution < -0.4 is 5.73 Å². The third-order valence-corrected chi connectivity index (χ3v) is 8.16. The Hall–Kier alpha value is -1.65. The Morgan fingerprint density at radius 1 is 1.50 bits per heavy atom. The second-order valence-electron chi connectivity index (χ2n) is 6.21. The van der Waals surface area contributed by atoms with Crippen molar-refractivity contribution >= 4 is 44.7 Å². The highest BCUT2D eigenvalue weighted by atomic mass is 32.2. The third kappa shape index (κ3) is 4.18. The van der Waals surface area contributed by atoms with Gasteiger partial charge in [-0.2, -0.15) is 0 Å². The molecule has 0 radical (unpaired) electrons. The average molecular weight is 413 g/mol. The van der Waals surface area contributed by atoms with Gasteiger partial charge in [0.15, 0.2) is 5.16 Å². The molecule has 0 aliphatic carbocycles. The van der Waals surface area contributed by atoms with Crippen molar-refractivity contribution in [3.8, 4) is 0 Å². The topological polar surface area (TPSA) is 106 Å². The molecule has 1 aliphatic heterocycles. The molecule has 2 N–H and O–H groups in total. The van der Waals surface area contributed by atoms with Crippen LogP contribution in [0.15, 0.2) is 38.0 Å². The van der Waals surface area contributed by atoms with Crippen molar-refractivity contribution in [2.45, 2.75) is 34.0 Å². The predicted octanol–water partition coefficient (Wildman–Crippen LogP) is 2.30. The summed E-state index contributed by atoms with van der Waals surface area (Å²) in [5, 5.41) is 1.98. The number of likely N-dealkylation sites (tertiary alicyclic amines) is 1. The first-order chi connectivity index (χ1) is 12.4. The summed E-state index contributed by atoms with van der Waals surface area (Å²) in [6, 6.07) is 3.17. The molecule has 140 valence electrons. The van der Waals surface area contributed by atoms with Gasteiger partial charge in [0.2, 0.25) is 15.7 Å². The summed E-state index contributed by atoms with van der Waals surface area (Å²) < 4.78 is 25.2. The van der Waals surface area contributed by atoms with E-state index in [4.69, 9.17) is 5.73 Å². The molecule has 1 aliphatic rings. The number of piperidine rings is 1. The van der Waals surface area contributed by atoms with Gasteiger partial charge in [0.05, 0.1) is 11.9 Å². The smallest absolute Gasteiger partial charge is 0.233 e. The summed E-state index contributed by atoms with van der Waals surface area (Å²) in [6.07, 6.45) is 3.39. The van der Waals surface area contributed by atoms with E-state index >= 15 is 0 Å². The molecule has 0 aromatic carbocycles. The minimum atomic E-state index is -3.71. The summed E-state index contributed by atoms with van der Waals surface area (Å²) in [5.41, 5.74) is 5.85.